The summed E-state index contributed by atoms with van der Waals surface area (Å²) in [7, 11) is 0. The minimum atomic E-state index is -0.771. The van der Waals surface area contributed by atoms with Crippen molar-refractivity contribution in [1.29, 1.82) is 0 Å². The molecule has 4 aromatic rings. The topological polar surface area (TPSA) is 141 Å². The van der Waals surface area contributed by atoms with Crippen molar-refractivity contribution in [2.24, 2.45) is 0 Å². The summed E-state index contributed by atoms with van der Waals surface area (Å²) >= 11 is 1.40. The van der Waals surface area contributed by atoms with Crippen molar-refractivity contribution in [2.75, 3.05) is 31.1 Å². The van der Waals surface area contributed by atoms with Gasteiger partial charge in [0.2, 0.25) is 11.8 Å². The van der Waals surface area contributed by atoms with Gasteiger partial charge in [0, 0.05) is 25.2 Å². The van der Waals surface area contributed by atoms with Crippen LogP contribution in [-0.2, 0) is 29.1 Å². The molecular weight excluding hydrogens is 576 g/mol. The smallest absolute Gasteiger partial charge is 0.332 e. The number of carbonyl (C=O) groups is 3. The standard InChI is InChI=1S/C32H34N8O3S/c1-2-15-38(32(43)35-17-22-7-4-3-5-8-22)39-20-28(41)40-25(16-21-11-13-24(33)14-12-21)30(42)37(19-27(39)40)18-23-9-6-10-26-29(23)36-31(34)44-26/h2-14,25,27H,1,15-20,33H2,(H2,34,36)(H,35,43)/t25-,27+/m0/s1. The van der Waals surface area contributed by atoms with E-state index in [2.05, 4.69) is 16.9 Å². The van der Waals surface area contributed by atoms with E-state index in [0.717, 1.165) is 26.9 Å². The van der Waals surface area contributed by atoms with Crippen LogP contribution < -0.4 is 16.8 Å². The zero-order chi connectivity index (χ0) is 30.8. The van der Waals surface area contributed by atoms with Crippen LogP contribution in [0, 0.1) is 0 Å². The maximum Gasteiger partial charge on any atom is 0.332 e. The monoisotopic (exact) mass is 610 g/mol. The highest BCUT2D eigenvalue weighted by Gasteiger charge is 2.52. The first-order valence-corrected chi connectivity index (χ1v) is 15.2. The lowest BCUT2D eigenvalue weighted by molar-refractivity contribution is -0.157. The number of rotatable bonds is 9. The number of hydrazine groups is 1. The molecule has 3 heterocycles. The number of benzene rings is 3. The number of amides is 4. The Hall–Kier alpha value is -4.94. The highest BCUT2D eigenvalue weighted by atomic mass is 32.1. The average Bonchev–Trinajstić information content (AvgIpc) is 3.57. The Bertz CT molecular complexity index is 1690. The van der Waals surface area contributed by atoms with Gasteiger partial charge in [-0.25, -0.2) is 9.78 Å². The normalized spacial score (nSPS) is 18.5. The summed E-state index contributed by atoms with van der Waals surface area (Å²) in [5, 5.41) is 6.68. The zero-order valence-electron chi connectivity index (χ0n) is 24.1. The Morgan fingerprint density at radius 1 is 1.05 bits per heavy atom. The minimum absolute atomic E-state index is 0.0468. The van der Waals surface area contributed by atoms with Crippen LogP contribution in [0.3, 0.4) is 0 Å². The summed E-state index contributed by atoms with van der Waals surface area (Å²) < 4.78 is 0.939. The first kappa shape index (κ1) is 29.1. The molecule has 2 aliphatic rings. The van der Waals surface area contributed by atoms with Gasteiger partial charge in [0.25, 0.3) is 0 Å². The second-order valence-corrected chi connectivity index (χ2v) is 12.0. The molecule has 2 aliphatic heterocycles. The van der Waals surface area contributed by atoms with Crippen LogP contribution in [0.1, 0.15) is 16.7 Å². The van der Waals surface area contributed by atoms with E-state index in [0.29, 0.717) is 23.8 Å². The number of hydrogen-bond acceptors (Lipinski definition) is 8. The second kappa shape index (κ2) is 12.3. The van der Waals surface area contributed by atoms with Gasteiger partial charge in [-0.2, -0.15) is 5.01 Å². The van der Waals surface area contributed by atoms with Gasteiger partial charge >= 0.3 is 6.03 Å². The summed E-state index contributed by atoms with van der Waals surface area (Å²) in [5.41, 5.74) is 16.0. The molecule has 5 N–H and O–H groups in total. The SMILES string of the molecule is C=CCN(C(=O)NCc1ccccc1)N1CC(=O)N2[C@@H](Cc3ccc(N)cc3)C(=O)N(Cc3cccc4sc(N)nc34)C[C@@H]21. The van der Waals surface area contributed by atoms with Crippen molar-refractivity contribution in [3.8, 4) is 0 Å². The van der Waals surface area contributed by atoms with Crippen LogP contribution in [0.4, 0.5) is 15.6 Å². The largest absolute Gasteiger partial charge is 0.399 e. The third-order valence-electron chi connectivity index (χ3n) is 7.99. The molecule has 1 aromatic heterocycles. The molecule has 44 heavy (non-hydrogen) atoms. The number of hydrogen-bond donors (Lipinski definition) is 3. The molecule has 0 aliphatic carbocycles. The predicted octanol–water partition coefficient (Wildman–Crippen LogP) is 3.20. The lowest BCUT2D eigenvalue weighted by Crippen LogP contribution is -2.66. The van der Waals surface area contributed by atoms with E-state index in [-0.39, 0.29) is 44.0 Å². The molecule has 2 fully saturated rings. The van der Waals surface area contributed by atoms with Crippen molar-refractivity contribution >= 4 is 50.2 Å². The number of aromatic nitrogens is 1. The minimum Gasteiger partial charge on any atom is -0.399 e. The summed E-state index contributed by atoms with van der Waals surface area (Å²) in [6, 6.07) is 21.6. The number of nitrogen functional groups attached to an aromatic ring is 2. The van der Waals surface area contributed by atoms with E-state index in [1.165, 1.54) is 16.3 Å². The van der Waals surface area contributed by atoms with Gasteiger partial charge < -0.3 is 26.6 Å². The van der Waals surface area contributed by atoms with E-state index in [4.69, 9.17) is 11.5 Å². The average molecular weight is 611 g/mol. The molecule has 0 spiro atoms. The van der Waals surface area contributed by atoms with Crippen LogP contribution in [0.25, 0.3) is 10.2 Å². The van der Waals surface area contributed by atoms with Gasteiger partial charge in [0.15, 0.2) is 5.13 Å². The second-order valence-electron chi connectivity index (χ2n) is 10.9. The number of carbonyl (C=O) groups excluding carboxylic acids is 3. The predicted molar refractivity (Wildman–Crippen MR) is 171 cm³/mol. The van der Waals surface area contributed by atoms with Crippen molar-refractivity contribution in [1.82, 2.24) is 30.1 Å². The Morgan fingerprint density at radius 2 is 1.82 bits per heavy atom. The summed E-state index contributed by atoms with van der Waals surface area (Å²) in [5.74, 6) is -0.389. The molecule has 2 atom stereocenters. The van der Waals surface area contributed by atoms with E-state index in [1.54, 1.807) is 33.0 Å². The molecule has 0 bridgehead atoms. The van der Waals surface area contributed by atoms with Crippen LogP contribution >= 0.6 is 11.3 Å². The fourth-order valence-electron chi connectivity index (χ4n) is 5.91. The molecule has 226 valence electrons. The first-order chi connectivity index (χ1) is 21.3. The van der Waals surface area contributed by atoms with Gasteiger partial charge in [0.05, 0.1) is 29.9 Å². The molecular formula is C32H34N8O3S. The summed E-state index contributed by atoms with van der Waals surface area (Å²) in [6.07, 6.45) is 1.36. The Kier molecular flexibility index (Phi) is 8.18. The fourth-order valence-corrected chi connectivity index (χ4v) is 6.70. The van der Waals surface area contributed by atoms with Crippen LogP contribution in [0.2, 0.25) is 0 Å². The molecule has 11 nitrogen and oxygen atoms in total. The van der Waals surface area contributed by atoms with Crippen molar-refractivity contribution in [2.45, 2.75) is 31.7 Å². The third kappa shape index (κ3) is 5.81. The lowest BCUT2D eigenvalue weighted by Gasteiger charge is -2.46. The van der Waals surface area contributed by atoms with Crippen LogP contribution in [0.15, 0.2) is 85.5 Å². The molecule has 0 unspecified atom stereocenters. The number of nitrogens with one attached hydrogen (secondary N) is 1. The molecule has 12 heteroatoms. The molecule has 0 radical (unpaired) electrons. The molecule has 2 saturated heterocycles. The Balaban J connectivity index is 1.32. The number of anilines is 2. The van der Waals surface area contributed by atoms with Crippen LogP contribution in [-0.4, -0.2) is 74.5 Å². The molecule has 6 rings (SSSR count). The number of piperazine rings is 1. The summed E-state index contributed by atoms with van der Waals surface area (Å²) in [4.78, 5) is 49.3. The number of fused-ring (bicyclic) bond motifs is 2. The zero-order valence-corrected chi connectivity index (χ0v) is 25.0. The fraction of sp³-hybridized carbons (Fsp3) is 0.250. The summed E-state index contributed by atoms with van der Waals surface area (Å²) in [6.45, 7) is 4.81. The molecule has 4 amide bonds. The van der Waals surface area contributed by atoms with Gasteiger partial charge in [-0.15, -0.1) is 6.58 Å². The van der Waals surface area contributed by atoms with Crippen LogP contribution in [0.5, 0.6) is 0 Å². The highest BCUT2D eigenvalue weighted by Crippen LogP contribution is 2.32. The van der Waals surface area contributed by atoms with E-state index in [1.807, 2.05) is 60.7 Å². The number of thiazole rings is 1. The van der Waals surface area contributed by atoms with Gasteiger partial charge in [-0.3, -0.25) is 14.6 Å². The van der Waals surface area contributed by atoms with E-state index >= 15 is 0 Å². The van der Waals surface area contributed by atoms with Crippen molar-refractivity contribution in [3.63, 3.8) is 0 Å². The van der Waals surface area contributed by atoms with E-state index in [9.17, 15) is 14.4 Å². The van der Waals surface area contributed by atoms with Crippen molar-refractivity contribution in [3.05, 3.63) is 102 Å². The number of para-hydroxylation sites is 1. The third-order valence-corrected chi connectivity index (χ3v) is 8.84. The first-order valence-electron chi connectivity index (χ1n) is 14.4. The maximum atomic E-state index is 14.2. The van der Waals surface area contributed by atoms with Crippen molar-refractivity contribution < 1.29 is 14.4 Å². The number of nitrogens with two attached hydrogens (primary N) is 2. The van der Waals surface area contributed by atoms with E-state index < -0.39 is 12.2 Å². The quantitative estimate of drug-likeness (QED) is 0.195. The van der Waals surface area contributed by atoms with Gasteiger partial charge in [0.1, 0.15) is 12.2 Å². The Labute approximate surface area is 259 Å². The lowest BCUT2D eigenvalue weighted by atomic mass is 9.99. The number of nitrogens with zero attached hydrogens (tertiary/aromatic N) is 5. The van der Waals surface area contributed by atoms with Gasteiger partial charge in [-0.05, 0) is 34.9 Å². The van der Waals surface area contributed by atoms with Gasteiger partial charge in [-0.1, -0.05) is 72.0 Å². The maximum absolute atomic E-state index is 14.2. The molecule has 0 saturated carbocycles. The molecule has 3 aromatic carbocycles. The number of urea groups is 1. The Morgan fingerprint density at radius 3 is 2.57 bits per heavy atom. The highest BCUT2D eigenvalue weighted by molar-refractivity contribution is 7.22.